The molecular formula is C18H20N2O2S. The number of nitrogens with one attached hydrogen (secondary N) is 1. The Labute approximate surface area is 140 Å². The lowest BCUT2D eigenvalue weighted by atomic mass is 10.2. The molecule has 3 rings (SSSR count). The topological polar surface area (TPSA) is 49.4 Å². The molecule has 1 N–H and O–H groups in total. The van der Waals surface area contributed by atoms with Gasteiger partial charge in [0.15, 0.2) is 0 Å². The first kappa shape index (κ1) is 15.7. The lowest BCUT2D eigenvalue weighted by Gasteiger charge is -2.16. The van der Waals surface area contributed by atoms with Crippen LogP contribution in [0.2, 0.25) is 0 Å². The van der Waals surface area contributed by atoms with Crippen molar-refractivity contribution in [3.05, 3.63) is 52.2 Å². The quantitative estimate of drug-likeness (QED) is 0.886. The van der Waals surface area contributed by atoms with E-state index in [9.17, 15) is 9.59 Å². The Balaban J connectivity index is 1.46. The summed E-state index contributed by atoms with van der Waals surface area (Å²) in [5.74, 6) is 0.261. The molecule has 2 heterocycles. The molecule has 0 spiro atoms. The van der Waals surface area contributed by atoms with Crippen molar-refractivity contribution in [2.45, 2.75) is 32.2 Å². The van der Waals surface area contributed by atoms with E-state index >= 15 is 0 Å². The van der Waals surface area contributed by atoms with Crippen molar-refractivity contribution in [1.29, 1.82) is 0 Å². The molecule has 1 aliphatic rings. The molecule has 120 valence electrons. The van der Waals surface area contributed by atoms with Gasteiger partial charge in [0.2, 0.25) is 11.8 Å². The molecule has 0 atom stereocenters. The van der Waals surface area contributed by atoms with E-state index < -0.39 is 0 Å². The first-order valence-corrected chi connectivity index (χ1v) is 8.79. The highest BCUT2D eigenvalue weighted by Gasteiger charge is 2.21. The van der Waals surface area contributed by atoms with E-state index in [4.69, 9.17) is 0 Å². The maximum absolute atomic E-state index is 11.9. The smallest absolute Gasteiger partial charge is 0.227 e. The fraction of sp³-hybridized carbons (Fsp3) is 0.333. The Morgan fingerprint density at radius 3 is 2.70 bits per heavy atom. The van der Waals surface area contributed by atoms with Crippen molar-refractivity contribution in [2.24, 2.45) is 0 Å². The van der Waals surface area contributed by atoms with Crippen molar-refractivity contribution >= 4 is 28.8 Å². The highest BCUT2D eigenvalue weighted by Crippen LogP contribution is 2.21. The van der Waals surface area contributed by atoms with Crippen LogP contribution in [-0.4, -0.2) is 18.4 Å². The Hall–Kier alpha value is -2.14. The van der Waals surface area contributed by atoms with Gasteiger partial charge in [0.25, 0.3) is 0 Å². The van der Waals surface area contributed by atoms with Crippen molar-refractivity contribution in [1.82, 2.24) is 5.32 Å². The summed E-state index contributed by atoms with van der Waals surface area (Å²) in [4.78, 5) is 26.6. The number of anilines is 1. The first-order valence-electron chi connectivity index (χ1n) is 7.91. The van der Waals surface area contributed by atoms with E-state index in [1.807, 2.05) is 40.6 Å². The predicted octanol–water partition coefficient (Wildman–Crippen LogP) is 3.12. The molecule has 0 aliphatic carbocycles. The number of carbonyl (C=O) groups excluding carboxylic acids is 2. The van der Waals surface area contributed by atoms with Gasteiger partial charge in [0, 0.05) is 36.5 Å². The molecule has 1 saturated heterocycles. The number of carbonyl (C=O) groups is 2. The predicted molar refractivity (Wildman–Crippen MR) is 92.5 cm³/mol. The monoisotopic (exact) mass is 328 g/mol. The second-order valence-corrected chi connectivity index (χ2v) is 6.70. The fourth-order valence-corrected chi connectivity index (χ4v) is 3.40. The molecule has 0 saturated carbocycles. The van der Waals surface area contributed by atoms with Crippen LogP contribution in [0.25, 0.3) is 0 Å². The molecule has 1 aromatic heterocycles. The van der Waals surface area contributed by atoms with Gasteiger partial charge in [0.05, 0.1) is 0 Å². The Morgan fingerprint density at radius 2 is 2.04 bits per heavy atom. The van der Waals surface area contributed by atoms with Crippen LogP contribution >= 0.6 is 11.3 Å². The second kappa shape index (κ2) is 7.42. The minimum Gasteiger partial charge on any atom is -0.352 e. The Bertz CT molecular complexity index is 665. The Morgan fingerprint density at radius 1 is 1.22 bits per heavy atom. The van der Waals surface area contributed by atoms with E-state index in [0.717, 1.165) is 30.6 Å². The normalized spacial score (nSPS) is 14.3. The zero-order chi connectivity index (χ0) is 16.1. The summed E-state index contributed by atoms with van der Waals surface area (Å²) < 4.78 is 0. The number of hydrogen-bond donors (Lipinski definition) is 1. The minimum atomic E-state index is 0.0668. The van der Waals surface area contributed by atoms with Crippen LogP contribution in [0.1, 0.15) is 29.7 Å². The molecule has 5 heteroatoms. The van der Waals surface area contributed by atoms with Crippen molar-refractivity contribution in [3.8, 4) is 0 Å². The zero-order valence-electron chi connectivity index (χ0n) is 13.0. The van der Waals surface area contributed by atoms with Crippen molar-refractivity contribution in [3.63, 3.8) is 0 Å². The second-order valence-electron chi connectivity index (χ2n) is 5.67. The van der Waals surface area contributed by atoms with Crippen LogP contribution in [-0.2, 0) is 22.6 Å². The van der Waals surface area contributed by atoms with Gasteiger partial charge >= 0.3 is 0 Å². The standard InChI is InChI=1S/C18H20N2O2S/c21-17(10-9-16-3-2-12-23-16)19-13-14-5-7-15(8-6-14)20-11-1-4-18(20)22/h2-3,5-8,12H,1,4,9-11,13H2,(H,19,21). The number of amides is 2. The van der Waals surface area contributed by atoms with E-state index in [-0.39, 0.29) is 11.8 Å². The summed E-state index contributed by atoms with van der Waals surface area (Å²) in [5.41, 5.74) is 1.99. The fourth-order valence-electron chi connectivity index (χ4n) is 2.70. The van der Waals surface area contributed by atoms with E-state index in [1.165, 1.54) is 4.88 Å². The van der Waals surface area contributed by atoms with Gasteiger partial charge in [-0.3, -0.25) is 9.59 Å². The van der Waals surface area contributed by atoms with Crippen LogP contribution in [0.15, 0.2) is 41.8 Å². The summed E-state index contributed by atoms with van der Waals surface area (Å²) in [6.45, 7) is 1.33. The number of thiophene rings is 1. The number of hydrogen-bond acceptors (Lipinski definition) is 3. The lowest BCUT2D eigenvalue weighted by molar-refractivity contribution is -0.121. The summed E-state index contributed by atoms with van der Waals surface area (Å²) in [6.07, 6.45) is 2.88. The minimum absolute atomic E-state index is 0.0668. The van der Waals surface area contributed by atoms with E-state index in [0.29, 0.717) is 19.4 Å². The number of nitrogens with zero attached hydrogens (tertiary/aromatic N) is 1. The molecule has 1 aliphatic heterocycles. The molecule has 1 aromatic carbocycles. The van der Waals surface area contributed by atoms with Crippen LogP contribution in [0.4, 0.5) is 5.69 Å². The van der Waals surface area contributed by atoms with Crippen LogP contribution in [0.3, 0.4) is 0 Å². The largest absolute Gasteiger partial charge is 0.352 e. The molecule has 0 bridgehead atoms. The van der Waals surface area contributed by atoms with Crippen molar-refractivity contribution in [2.75, 3.05) is 11.4 Å². The van der Waals surface area contributed by atoms with E-state index in [2.05, 4.69) is 11.4 Å². The van der Waals surface area contributed by atoms with Gasteiger partial charge in [-0.25, -0.2) is 0 Å². The number of benzene rings is 1. The molecule has 23 heavy (non-hydrogen) atoms. The lowest BCUT2D eigenvalue weighted by Crippen LogP contribution is -2.24. The zero-order valence-corrected chi connectivity index (χ0v) is 13.8. The summed E-state index contributed by atoms with van der Waals surface area (Å²) in [6, 6.07) is 11.9. The average Bonchev–Trinajstić information content (AvgIpc) is 3.23. The molecule has 0 radical (unpaired) electrons. The highest BCUT2D eigenvalue weighted by molar-refractivity contribution is 7.09. The molecule has 2 aromatic rings. The van der Waals surface area contributed by atoms with Crippen LogP contribution in [0.5, 0.6) is 0 Å². The maximum Gasteiger partial charge on any atom is 0.227 e. The third kappa shape index (κ3) is 4.20. The summed E-state index contributed by atoms with van der Waals surface area (Å²) >= 11 is 1.68. The van der Waals surface area contributed by atoms with Gasteiger partial charge in [-0.15, -0.1) is 11.3 Å². The maximum atomic E-state index is 11.9. The van der Waals surface area contributed by atoms with Gasteiger partial charge in [-0.05, 0) is 42.0 Å². The molecule has 2 amide bonds. The van der Waals surface area contributed by atoms with Gasteiger partial charge in [-0.2, -0.15) is 0 Å². The number of rotatable bonds is 6. The summed E-state index contributed by atoms with van der Waals surface area (Å²) in [5, 5.41) is 4.97. The Kier molecular flexibility index (Phi) is 5.08. The first-order chi connectivity index (χ1) is 11.2. The van der Waals surface area contributed by atoms with Gasteiger partial charge in [-0.1, -0.05) is 18.2 Å². The highest BCUT2D eigenvalue weighted by atomic mass is 32.1. The van der Waals surface area contributed by atoms with Gasteiger partial charge in [0.1, 0.15) is 0 Å². The van der Waals surface area contributed by atoms with E-state index in [1.54, 1.807) is 11.3 Å². The van der Waals surface area contributed by atoms with Crippen LogP contribution < -0.4 is 10.2 Å². The molecule has 0 unspecified atom stereocenters. The third-order valence-electron chi connectivity index (χ3n) is 3.99. The SMILES string of the molecule is O=C(CCc1cccs1)NCc1ccc(N2CCCC2=O)cc1. The molecular weight excluding hydrogens is 308 g/mol. The molecule has 4 nitrogen and oxygen atoms in total. The molecule has 1 fully saturated rings. The van der Waals surface area contributed by atoms with Crippen molar-refractivity contribution < 1.29 is 9.59 Å². The summed E-state index contributed by atoms with van der Waals surface area (Å²) in [7, 11) is 0. The van der Waals surface area contributed by atoms with Crippen LogP contribution in [0, 0.1) is 0 Å². The average molecular weight is 328 g/mol. The number of aryl methyl sites for hydroxylation is 1. The third-order valence-corrected chi connectivity index (χ3v) is 4.93. The van der Waals surface area contributed by atoms with Gasteiger partial charge < -0.3 is 10.2 Å².